The number of alkyl carbamates (subject to hydrolysis) is 1. The first-order valence-electron chi connectivity index (χ1n) is 9.10. The zero-order valence-corrected chi connectivity index (χ0v) is 15.7. The molecule has 6 nitrogen and oxygen atoms in total. The van der Waals surface area contributed by atoms with Crippen molar-refractivity contribution < 1.29 is 19.1 Å². The Morgan fingerprint density at radius 2 is 1.62 bits per heavy atom. The molecule has 1 aliphatic rings. The van der Waals surface area contributed by atoms with E-state index >= 15 is 0 Å². The van der Waals surface area contributed by atoms with E-state index in [0.29, 0.717) is 12.6 Å². The van der Waals surface area contributed by atoms with E-state index < -0.39 is 5.60 Å². The van der Waals surface area contributed by atoms with E-state index in [9.17, 15) is 9.59 Å². The molecule has 1 aliphatic carbocycles. The zero-order chi connectivity index (χ0) is 18.0. The maximum Gasteiger partial charge on any atom is 0.407 e. The lowest BCUT2D eigenvalue weighted by molar-refractivity contribution is -0.146. The number of methoxy groups -OCH3 is 1. The molecule has 0 bridgehead atoms. The fourth-order valence-corrected chi connectivity index (χ4v) is 3.04. The van der Waals surface area contributed by atoms with E-state index in [-0.39, 0.29) is 18.0 Å². The molecule has 1 amide bonds. The van der Waals surface area contributed by atoms with Crippen LogP contribution in [0.1, 0.15) is 65.7 Å². The summed E-state index contributed by atoms with van der Waals surface area (Å²) in [6.07, 6.45) is 6.83. The Kier molecular flexibility index (Phi) is 9.11. The second kappa shape index (κ2) is 10.5. The average Bonchev–Trinajstić information content (AvgIpc) is 2.61. The number of carbonyl (C=O) groups is 2. The Morgan fingerprint density at radius 1 is 1.00 bits per heavy atom. The van der Waals surface area contributed by atoms with Crippen LogP contribution in [0.2, 0.25) is 0 Å². The van der Waals surface area contributed by atoms with Crippen LogP contribution in [0.4, 0.5) is 4.79 Å². The first-order chi connectivity index (χ1) is 11.3. The second-order valence-electron chi connectivity index (χ2n) is 7.52. The molecule has 0 saturated heterocycles. The molecule has 0 aromatic carbocycles. The van der Waals surface area contributed by atoms with Gasteiger partial charge in [0, 0.05) is 19.1 Å². The number of esters is 1. The summed E-state index contributed by atoms with van der Waals surface area (Å²) in [6, 6.07) is 0.446. The van der Waals surface area contributed by atoms with Crippen LogP contribution < -0.4 is 10.6 Å². The molecule has 0 aliphatic heterocycles. The monoisotopic (exact) mass is 342 g/mol. The van der Waals surface area contributed by atoms with Gasteiger partial charge in [0.1, 0.15) is 5.60 Å². The highest BCUT2D eigenvalue weighted by molar-refractivity contribution is 5.72. The maximum absolute atomic E-state index is 11.7. The van der Waals surface area contributed by atoms with Crippen molar-refractivity contribution in [3.63, 3.8) is 0 Å². The molecule has 0 radical (unpaired) electrons. The number of amides is 1. The van der Waals surface area contributed by atoms with Crippen LogP contribution in [0.15, 0.2) is 0 Å². The molecule has 0 spiro atoms. The minimum absolute atomic E-state index is 0.0579. The Hall–Kier alpha value is -1.30. The summed E-state index contributed by atoms with van der Waals surface area (Å²) in [5.74, 6) is -0.00875. The maximum atomic E-state index is 11.7. The van der Waals surface area contributed by atoms with Crippen molar-refractivity contribution in [2.24, 2.45) is 5.92 Å². The van der Waals surface area contributed by atoms with Crippen LogP contribution >= 0.6 is 0 Å². The van der Waals surface area contributed by atoms with Crippen LogP contribution in [-0.2, 0) is 14.3 Å². The van der Waals surface area contributed by atoms with Crippen LogP contribution in [-0.4, -0.2) is 43.9 Å². The molecule has 1 saturated carbocycles. The Balaban J connectivity index is 2.23. The smallest absolute Gasteiger partial charge is 0.407 e. The summed E-state index contributed by atoms with van der Waals surface area (Å²) in [6.45, 7) is 6.83. The third-order valence-electron chi connectivity index (χ3n) is 4.22. The highest BCUT2D eigenvalue weighted by Crippen LogP contribution is 2.23. The van der Waals surface area contributed by atoms with Crippen molar-refractivity contribution in [1.82, 2.24) is 10.6 Å². The van der Waals surface area contributed by atoms with Gasteiger partial charge in [-0.2, -0.15) is 0 Å². The number of ether oxygens (including phenoxy) is 2. The van der Waals surface area contributed by atoms with Gasteiger partial charge in [-0.3, -0.25) is 4.79 Å². The SMILES string of the molecule is COC(=O)C1CCCC[C@@H](NCCNC(=O)OC(C)(C)C)CCC1. The van der Waals surface area contributed by atoms with E-state index in [4.69, 9.17) is 9.47 Å². The predicted octanol–water partition coefficient (Wildman–Crippen LogP) is 3.00. The average molecular weight is 342 g/mol. The van der Waals surface area contributed by atoms with Gasteiger partial charge in [-0.25, -0.2) is 4.79 Å². The minimum Gasteiger partial charge on any atom is -0.469 e. The first-order valence-corrected chi connectivity index (χ1v) is 9.10. The van der Waals surface area contributed by atoms with Gasteiger partial charge in [-0.15, -0.1) is 0 Å². The Morgan fingerprint density at radius 3 is 2.29 bits per heavy atom. The molecule has 24 heavy (non-hydrogen) atoms. The number of hydrogen-bond donors (Lipinski definition) is 2. The second-order valence-corrected chi connectivity index (χ2v) is 7.52. The van der Waals surface area contributed by atoms with Crippen LogP contribution in [0.25, 0.3) is 0 Å². The van der Waals surface area contributed by atoms with E-state index in [1.807, 2.05) is 20.8 Å². The fraction of sp³-hybridized carbons (Fsp3) is 0.889. The van der Waals surface area contributed by atoms with Gasteiger partial charge in [0.2, 0.25) is 0 Å². The molecule has 6 heteroatoms. The molecule has 0 aromatic heterocycles. The lowest BCUT2D eigenvalue weighted by Crippen LogP contribution is -2.39. The molecule has 1 fully saturated rings. The van der Waals surface area contributed by atoms with Crippen molar-refractivity contribution in [3.8, 4) is 0 Å². The van der Waals surface area contributed by atoms with E-state index in [1.54, 1.807) is 0 Å². The summed E-state index contributed by atoms with van der Waals surface area (Å²) in [7, 11) is 1.47. The van der Waals surface area contributed by atoms with Crippen molar-refractivity contribution in [2.75, 3.05) is 20.2 Å². The van der Waals surface area contributed by atoms with E-state index in [1.165, 1.54) is 7.11 Å². The number of carbonyl (C=O) groups excluding carboxylic acids is 2. The van der Waals surface area contributed by atoms with Gasteiger partial charge in [-0.1, -0.05) is 19.3 Å². The fourth-order valence-electron chi connectivity index (χ4n) is 3.04. The highest BCUT2D eigenvalue weighted by Gasteiger charge is 2.21. The number of rotatable bonds is 5. The van der Waals surface area contributed by atoms with Gasteiger partial charge in [-0.05, 0) is 46.5 Å². The number of nitrogens with one attached hydrogen (secondary N) is 2. The third kappa shape index (κ3) is 9.11. The molecular weight excluding hydrogens is 308 g/mol. The molecule has 2 N–H and O–H groups in total. The largest absolute Gasteiger partial charge is 0.469 e. The summed E-state index contributed by atoms with van der Waals surface area (Å²) < 4.78 is 10.1. The lowest BCUT2D eigenvalue weighted by Gasteiger charge is -2.21. The Bertz CT molecular complexity index is 393. The summed E-state index contributed by atoms with van der Waals surface area (Å²) in [5.41, 5.74) is -0.467. The summed E-state index contributed by atoms with van der Waals surface area (Å²) in [4.78, 5) is 23.3. The molecule has 0 aromatic rings. The van der Waals surface area contributed by atoms with Crippen molar-refractivity contribution >= 4 is 12.1 Å². The molecule has 0 heterocycles. The quantitative estimate of drug-likeness (QED) is 0.593. The van der Waals surface area contributed by atoms with Crippen LogP contribution in [0.5, 0.6) is 0 Å². The van der Waals surface area contributed by atoms with Gasteiger partial charge in [0.05, 0.1) is 13.0 Å². The summed E-state index contributed by atoms with van der Waals surface area (Å²) >= 11 is 0. The standard InChI is InChI=1S/C18H34N2O4/c1-18(2,3)24-17(22)20-13-12-19-15-10-6-5-8-14(9-7-11-15)16(21)23-4/h14-15,19H,5-13H2,1-4H3,(H,20,22)/t14?,15-/m1/s1. The third-order valence-corrected chi connectivity index (χ3v) is 4.22. The predicted molar refractivity (Wildman–Crippen MR) is 93.9 cm³/mol. The topological polar surface area (TPSA) is 76.7 Å². The van der Waals surface area contributed by atoms with E-state index in [2.05, 4.69) is 10.6 Å². The van der Waals surface area contributed by atoms with Gasteiger partial charge >= 0.3 is 12.1 Å². The molecule has 140 valence electrons. The molecule has 1 rings (SSSR count). The van der Waals surface area contributed by atoms with Gasteiger partial charge in [0.25, 0.3) is 0 Å². The van der Waals surface area contributed by atoms with E-state index in [0.717, 1.165) is 51.5 Å². The minimum atomic E-state index is -0.467. The highest BCUT2D eigenvalue weighted by atomic mass is 16.6. The molecule has 1 unspecified atom stereocenters. The van der Waals surface area contributed by atoms with Crippen molar-refractivity contribution in [3.05, 3.63) is 0 Å². The van der Waals surface area contributed by atoms with Crippen molar-refractivity contribution in [2.45, 2.75) is 77.4 Å². The number of hydrogen-bond acceptors (Lipinski definition) is 5. The van der Waals surface area contributed by atoms with Crippen LogP contribution in [0.3, 0.4) is 0 Å². The van der Waals surface area contributed by atoms with Gasteiger partial charge in [0.15, 0.2) is 0 Å². The van der Waals surface area contributed by atoms with Gasteiger partial charge < -0.3 is 20.1 Å². The van der Waals surface area contributed by atoms with Crippen LogP contribution in [0, 0.1) is 5.92 Å². The molecule has 2 atom stereocenters. The zero-order valence-electron chi connectivity index (χ0n) is 15.7. The lowest BCUT2D eigenvalue weighted by atomic mass is 9.97. The van der Waals surface area contributed by atoms with Crippen molar-refractivity contribution in [1.29, 1.82) is 0 Å². The summed E-state index contributed by atoms with van der Waals surface area (Å²) in [5, 5.41) is 6.27. The normalized spacial score (nSPS) is 22.7. The first kappa shape index (κ1) is 20.7. The Labute approximate surface area is 146 Å². The molecular formula is C18H34N2O4.